The second kappa shape index (κ2) is 8.16. The molecule has 0 bridgehead atoms. The van der Waals surface area contributed by atoms with E-state index in [-0.39, 0.29) is 0 Å². The number of rotatable bonds is 10. The molecule has 2 heteroatoms. The highest BCUT2D eigenvalue weighted by atomic mass is 15.2. The van der Waals surface area contributed by atoms with Crippen LogP contribution in [0.3, 0.4) is 0 Å². The van der Waals surface area contributed by atoms with E-state index in [2.05, 4.69) is 44.8 Å². The van der Waals surface area contributed by atoms with Crippen LogP contribution >= 0.6 is 0 Å². The van der Waals surface area contributed by atoms with E-state index < -0.39 is 0 Å². The SMILES string of the molecule is CC(C)CNCCCC(C)N(CC1CC1)C(C)C. The lowest BCUT2D eigenvalue weighted by Gasteiger charge is -2.33. The Bertz CT molecular complexity index is 209. The molecule has 0 aromatic carbocycles. The molecule has 1 aliphatic rings. The van der Waals surface area contributed by atoms with Crippen LogP contribution < -0.4 is 5.32 Å². The van der Waals surface area contributed by atoms with Gasteiger partial charge in [-0.3, -0.25) is 4.90 Å². The monoisotopic (exact) mass is 254 g/mol. The molecule has 0 aromatic rings. The van der Waals surface area contributed by atoms with Gasteiger partial charge in [0.15, 0.2) is 0 Å². The first-order chi connectivity index (χ1) is 8.50. The van der Waals surface area contributed by atoms with Crippen molar-refractivity contribution in [3.05, 3.63) is 0 Å². The number of hydrogen-bond acceptors (Lipinski definition) is 2. The third-order valence-corrected chi connectivity index (χ3v) is 3.92. The summed E-state index contributed by atoms with van der Waals surface area (Å²) in [5.74, 6) is 1.78. The zero-order chi connectivity index (χ0) is 13.5. The maximum Gasteiger partial charge on any atom is 0.00702 e. The summed E-state index contributed by atoms with van der Waals surface area (Å²) in [6.45, 7) is 15.3. The Balaban J connectivity index is 2.13. The van der Waals surface area contributed by atoms with Gasteiger partial charge in [-0.15, -0.1) is 0 Å². The number of nitrogens with one attached hydrogen (secondary N) is 1. The van der Waals surface area contributed by atoms with Crippen LogP contribution in [0.1, 0.15) is 60.3 Å². The van der Waals surface area contributed by atoms with Gasteiger partial charge in [0.1, 0.15) is 0 Å². The van der Waals surface area contributed by atoms with Crippen LogP contribution in [-0.2, 0) is 0 Å². The van der Waals surface area contributed by atoms with Gasteiger partial charge in [0, 0.05) is 18.6 Å². The van der Waals surface area contributed by atoms with Crippen molar-refractivity contribution >= 4 is 0 Å². The van der Waals surface area contributed by atoms with Crippen molar-refractivity contribution in [2.45, 2.75) is 72.4 Å². The Hall–Kier alpha value is -0.0800. The first kappa shape index (κ1) is 16.0. The van der Waals surface area contributed by atoms with Crippen LogP contribution in [0.25, 0.3) is 0 Å². The topological polar surface area (TPSA) is 15.3 Å². The van der Waals surface area contributed by atoms with Crippen molar-refractivity contribution in [1.82, 2.24) is 10.2 Å². The molecule has 1 saturated carbocycles. The average Bonchev–Trinajstić information content (AvgIpc) is 3.08. The molecular weight excluding hydrogens is 220 g/mol. The van der Waals surface area contributed by atoms with Crippen molar-refractivity contribution in [3.8, 4) is 0 Å². The molecule has 0 radical (unpaired) electrons. The van der Waals surface area contributed by atoms with E-state index in [9.17, 15) is 0 Å². The quantitative estimate of drug-likeness (QED) is 0.600. The van der Waals surface area contributed by atoms with Crippen molar-refractivity contribution in [2.75, 3.05) is 19.6 Å². The molecule has 0 heterocycles. The van der Waals surface area contributed by atoms with Crippen molar-refractivity contribution in [1.29, 1.82) is 0 Å². The summed E-state index contributed by atoms with van der Waals surface area (Å²) in [5, 5.41) is 3.54. The predicted molar refractivity (Wildman–Crippen MR) is 81.0 cm³/mol. The summed E-state index contributed by atoms with van der Waals surface area (Å²) in [7, 11) is 0. The Morgan fingerprint density at radius 1 is 1.11 bits per heavy atom. The van der Waals surface area contributed by atoms with Crippen LogP contribution in [-0.4, -0.2) is 36.6 Å². The van der Waals surface area contributed by atoms with Gasteiger partial charge in [-0.2, -0.15) is 0 Å². The van der Waals surface area contributed by atoms with Crippen LogP contribution in [0.2, 0.25) is 0 Å². The van der Waals surface area contributed by atoms with Crippen molar-refractivity contribution < 1.29 is 0 Å². The van der Waals surface area contributed by atoms with Gasteiger partial charge in [0.25, 0.3) is 0 Å². The first-order valence-corrected chi connectivity index (χ1v) is 7.97. The fourth-order valence-corrected chi connectivity index (χ4v) is 2.58. The summed E-state index contributed by atoms with van der Waals surface area (Å²) in [5.41, 5.74) is 0. The van der Waals surface area contributed by atoms with E-state index >= 15 is 0 Å². The van der Waals surface area contributed by atoms with Crippen molar-refractivity contribution in [2.24, 2.45) is 11.8 Å². The summed E-state index contributed by atoms with van der Waals surface area (Å²) in [6.07, 6.45) is 5.57. The molecule has 18 heavy (non-hydrogen) atoms. The first-order valence-electron chi connectivity index (χ1n) is 7.97. The minimum Gasteiger partial charge on any atom is -0.316 e. The lowest BCUT2D eigenvalue weighted by atomic mass is 10.1. The smallest absolute Gasteiger partial charge is 0.00702 e. The average molecular weight is 254 g/mol. The second-order valence-electron chi connectivity index (χ2n) is 6.82. The highest BCUT2D eigenvalue weighted by Gasteiger charge is 2.27. The molecule has 1 fully saturated rings. The van der Waals surface area contributed by atoms with E-state index in [0.29, 0.717) is 6.04 Å². The van der Waals surface area contributed by atoms with Crippen LogP contribution in [0.15, 0.2) is 0 Å². The highest BCUT2D eigenvalue weighted by Crippen LogP contribution is 2.31. The molecule has 1 aliphatic carbocycles. The molecule has 0 amide bonds. The molecule has 1 N–H and O–H groups in total. The molecule has 1 atom stereocenters. The van der Waals surface area contributed by atoms with E-state index in [0.717, 1.165) is 24.4 Å². The molecular formula is C16H34N2. The van der Waals surface area contributed by atoms with E-state index in [1.54, 1.807) is 0 Å². The maximum atomic E-state index is 3.54. The zero-order valence-corrected chi connectivity index (χ0v) is 13.2. The number of nitrogens with zero attached hydrogens (tertiary/aromatic N) is 1. The molecule has 2 nitrogen and oxygen atoms in total. The lowest BCUT2D eigenvalue weighted by molar-refractivity contribution is 0.147. The fraction of sp³-hybridized carbons (Fsp3) is 1.00. The maximum absolute atomic E-state index is 3.54. The Morgan fingerprint density at radius 3 is 2.28 bits per heavy atom. The minimum atomic E-state index is 0.698. The van der Waals surface area contributed by atoms with Gasteiger partial charge in [-0.1, -0.05) is 13.8 Å². The van der Waals surface area contributed by atoms with Crippen molar-refractivity contribution in [3.63, 3.8) is 0 Å². The van der Waals surface area contributed by atoms with E-state index in [1.807, 2.05) is 0 Å². The molecule has 0 aliphatic heterocycles. The molecule has 0 saturated heterocycles. The van der Waals surface area contributed by atoms with Crippen LogP contribution in [0.5, 0.6) is 0 Å². The van der Waals surface area contributed by atoms with Gasteiger partial charge >= 0.3 is 0 Å². The third-order valence-electron chi connectivity index (χ3n) is 3.92. The van der Waals surface area contributed by atoms with E-state index in [1.165, 1.54) is 38.8 Å². The second-order valence-corrected chi connectivity index (χ2v) is 6.82. The summed E-state index contributed by atoms with van der Waals surface area (Å²) in [4.78, 5) is 2.71. The minimum absolute atomic E-state index is 0.698. The predicted octanol–water partition coefficient (Wildman–Crippen LogP) is 3.52. The Kier molecular flexibility index (Phi) is 7.25. The fourth-order valence-electron chi connectivity index (χ4n) is 2.58. The molecule has 108 valence electrons. The molecule has 1 rings (SSSR count). The summed E-state index contributed by atoms with van der Waals surface area (Å²) >= 11 is 0. The molecule has 0 aromatic heterocycles. The van der Waals surface area contributed by atoms with Crippen LogP contribution in [0.4, 0.5) is 0 Å². The largest absolute Gasteiger partial charge is 0.316 e. The third kappa shape index (κ3) is 6.75. The van der Waals surface area contributed by atoms with Gasteiger partial charge in [0.2, 0.25) is 0 Å². The normalized spacial score (nSPS) is 18.0. The standard InChI is InChI=1S/C16H34N2/c1-13(2)11-17-10-6-7-15(5)18(14(3)4)12-16-8-9-16/h13-17H,6-12H2,1-5H3. The lowest BCUT2D eigenvalue weighted by Crippen LogP contribution is -2.40. The van der Waals surface area contributed by atoms with E-state index in [4.69, 9.17) is 0 Å². The summed E-state index contributed by atoms with van der Waals surface area (Å²) < 4.78 is 0. The highest BCUT2D eigenvalue weighted by molar-refractivity contribution is 4.81. The number of hydrogen-bond donors (Lipinski definition) is 1. The molecule has 1 unspecified atom stereocenters. The van der Waals surface area contributed by atoms with Gasteiger partial charge in [-0.05, 0) is 71.4 Å². The Morgan fingerprint density at radius 2 is 1.78 bits per heavy atom. The molecule has 0 spiro atoms. The van der Waals surface area contributed by atoms with Crippen LogP contribution in [0, 0.1) is 11.8 Å². The summed E-state index contributed by atoms with van der Waals surface area (Å²) in [6, 6.07) is 1.44. The van der Waals surface area contributed by atoms with Gasteiger partial charge in [-0.25, -0.2) is 0 Å². The van der Waals surface area contributed by atoms with Gasteiger partial charge < -0.3 is 5.32 Å². The zero-order valence-electron chi connectivity index (χ0n) is 13.2. The van der Waals surface area contributed by atoms with Gasteiger partial charge in [0.05, 0.1) is 0 Å². The Labute approximate surface area is 115 Å².